The lowest BCUT2D eigenvalue weighted by molar-refractivity contribution is -0.116. The predicted octanol–water partition coefficient (Wildman–Crippen LogP) is 3.08. The van der Waals surface area contributed by atoms with Gasteiger partial charge in [0.2, 0.25) is 17.7 Å². The summed E-state index contributed by atoms with van der Waals surface area (Å²) >= 11 is 0. The van der Waals surface area contributed by atoms with Gasteiger partial charge in [-0.2, -0.15) is 10.1 Å². The summed E-state index contributed by atoms with van der Waals surface area (Å²) in [5.74, 6) is 0.362. The molecule has 0 saturated carbocycles. The Hall–Kier alpha value is -4.51. The number of aliphatic imine (C=N–C) groups is 1. The van der Waals surface area contributed by atoms with Crippen molar-refractivity contribution in [1.29, 1.82) is 0 Å². The molecule has 202 valence electrons. The average molecular weight is 530 g/mol. The van der Waals surface area contributed by atoms with E-state index in [1.165, 1.54) is 6.08 Å². The van der Waals surface area contributed by atoms with E-state index in [1.807, 2.05) is 43.1 Å². The van der Waals surface area contributed by atoms with Gasteiger partial charge in [-0.25, -0.2) is 4.68 Å². The van der Waals surface area contributed by atoms with Gasteiger partial charge >= 0.3 is 0 Å². The maximum atomic E-state index is 13.5. The van der Waals surface area contributed by atoms with Crippen molar-refractivity contribution < 1.29 is 19.1 Å². The molecule has 5 rings (SSSR count). The molecule has 2 bridgehead atoms. The summed E-state index contributed by atoms with van der Waals surface area (Å²) in [4.78, 5) is 36.1. The highest BCUT2D eigenvalue weighted by Crippen LogP contribution is 2.34. The van der Waals surface area contributed by atoms with Crippen LogP contribution in [0.15, 0.2) is 60.2 Å². The van der Waals surface area contributed by atoms with Gasteiger partial charge in [0.1, 0.15) is 0 Å². The molecule has 0 radical (unpaired) electrons. The lowest BCUT2D eigenvalue weighted by Crippen LogP contribution is -2.40. The summed E-state index contributed by atoms with van der Waals surface area (Å²) in [6, 6.07) is 11.2. The van der Waals surface area contributed by atoms with Crippen LogP contribution in [0.5, 0.6) is 5.88 Å². The minimum Gasteiger partial charge on any atom is -0.477 e. The monoisotopic (exact) mass is 529 g/mol. The van der Waals surface area contributed by atoms with Crippen molar-refractivity contribution in [2.75, 3.05) is 36.5 Å². The van der Waals surface area contributed by atoms with Crippen molar-refractivity contribution in [3.05, 3.63) is 66.5 Å². The molecule has 2 N–H and O–H groups in total. The minimum atomic E-state index is -0.395. The number of carbonyl (C=O) groups is 2. The number of benzene rings is 1. The Kier molecular flexibility index (Phi) is 7.69. The molecular formula is C28H31N7O4. The first kappa shape index (κ1) is 26.1. The standard InChI is InChI=1S/C28H31N7O4/c1-4-25(36)29-11-13-38-20-8-7-12-39-27-21(16-30-34(27)3)23-15-19(14-18(2)31-23)26(37)33-28-32-22-9-5-6-10-24(22)35(28)17-20/h4-6,9-10,14-16,20H,1,7-8,11-13,17H2,2-3H3,(H,29,36)(H,32,33,37). The Morgan fingerprint density at radius 3 is 3.03 bits per heavy atom. The Labute approximate surface area is 226 Å². The first-order chi connectivity index (χ1) is 18.9. The molecule has 11 heteroatoms. The molecule has 2 amide bonds. The summed E-state index contributed by atoms with van der Waals surface area (Å²) < 4.78 is 14.0. The number of amides is 2. The van der Waals surface area contributed by atoms with Gasteiger partial charge in [0.05, 0.1) is 54.7 Å². The molecule has 3 aromatic rings. The van der Waals surface area contributed by atoms with Crippen LogP contribution in [0.3, 0.4) is 0 Å². The molecular weight excluding hydrogens is 498 g/mol. The van der Waals surface area contributed by atoms with Crippen LogP contribution in [0.25, 0.3) is 11.3 Å². The van der Waals surface area contributed by atoms with E-state index in [2.05, 4.69) is 32.3 Å². The zero-order valence-corrected chi connectivity index (χ0v) is 22.0. The summed E-state index contributed by atoms with van der Waals surface area (Å²) in [5, 5.41) is 10.4. The van der Waals surface area contributed by atoms with Gasteiger partial charge in [0.15, 0.2) is 0 Å². The van der Waals surface area contributed by atoms with Crippen molar-refractivity contribution in [1.82, 2.24) is 20.1 Å². The number of nitrogens with zero attached hydrogens (tertiary/aromatic N) is 5. The molecule has 2 aromatic heterocycles. The normalized spacial score (nSPS) is 18.2. The van der Waals surface area contributed by atoms with Gasteiger partial charge in [-0.1, -0.05) is 18.7 Å². The van der Waals surface area contributed by atoms with Crippen molar-refractivity contribution in [3.8, 4) is 17.1 Å². The number of rotatable bonds is 5. The number of aryl methyl sites for hydroxylation is 2. The molecule has 2 aliphatic rings. The maximum Gasteiger partial charge on any atom is 0.280 e. The summed E-state index contributed by atoms with van der Waals surface area (Å²) in [5.41, 5.74) is 4.17. The fourth-order valence-electron chi connectivity index (χ4n) is 4.64. The fourth-order valence-corrected chi connectivity index (χ4v) is 4.64. The number of aromatic nitrogens is 3. The first-order valence-corrected chi connectivity index (χ1v) is 12.9. The van der Waals surface area contributed by atoms with Gasteiger partial charge in [0.25, 0.3) is 5.91 Å². The molecule has 4 heterocycles. The van der Waals surface area contributed by atoms with Crippen LogP contribution in [0.1, 0.15) is 28.9 Å². The third-order valence-electron chi connectivity index (χ3n) is 6.50. The van der Waals surface area contributed by atoms with Crippen molar-refractivity contribution in [2.24, 2.45) is 12.0 Å². The highest BCUT2D eigenvalue weighted by molar-refractivity contribution is 6.19. The second-order valence-electron chi connectivity index (χ2n) is 9.34. The molecule has 0 saturated heterocycles. The number of guanidine groups is 1. The van der Waals surface area contributed by atoms with E-state index in [9.17, 15) is 9.59 Å². The van der Waals surface area contributed by atoms with Gasteiger partial charge < -0.3 is 25.0 Å². The molecule has 0 fully saturated rings. The number of hydrogen-bond donors (Lipinski definition) is 2. The number of nitrogens with one attached hydrogen (secondary N) is 2. The van der Waals surface area contributed by atoms with Crippen LogP contribution in [0.2, 0.25) is 0 Å². The Bertz CT molecular complexity index is 1430. The maximum absolute atomic E-state index is 13.5. The van der Waals surface area contributed by atoms with E-state index in [4.69, 9.17) is 9.47 Å². The van der Waals surface area contributed by atoms with Gasteiger partial charge in [-0.05, 0) is 50.1 Å². The molecule has 39 heavy (non-hydrogen) atoms. The third kappa shape index (κ3) is 5.83. The van der Waals surface area contributed by atoms with E-state index in [-0.39, 0.29) is 12.0 Å². The van der Waals surface area contributed by atoms with Crippen LogP contribution in [0.4, 0.5) is 11.4 Å². The molecule has 0 aliphatic carbocycles. The first-order valence-electron chi connectivity index (χ1n) is 12.9. The summed E-state index contributed by atoms with van der Waals surface area (Å²) in [7, 11) is 1.81. The van der Waals surface area contributed by atoms with E-state index in [0.717, 1.165) is 11.4 Å². The van der Waals surface area contributed by atoms with Crippen LogP contribution in [-0.2, 0) is 16.6 Å². The molecule has 1 unspecified atom stereocenters. The van der Waals surface area contributed by atoms with E-state index >= 15 is 0 Å². The molecule has 1 atom stereocenters. The largest absolute Gasteiger partial charge is 0.477 e. The van der Waals surface area contributed by atoms with Crippen LogP contribution >= 0.6 is 0 Å². The molecule has 0 spiro atoms. The van der Waals surface area contributed by atoms with E-state index < -0.39 is 5.91 Å². The molecule has 11 nitrogen and oxygen atoms in total. The number of pyridine rings is 1. The smallest absolute Gasteiger partial charge is 0.280 e. The number of ether oxygens (including phenoxy) is 2. The number of fused-ring (bicyclic) bond motifs is 7. The van der Waals surface area contributed by atoms with Gasteiger partial charge in [-0.15, -0.1) is 0 Å². The van der Waals surface area contributed by atoms with Gasteiger partial charge in [0, 0.05) is 24.8 Å². The van der Waals surface area contributed by atoms with Crippen molar-refractivity contribution in [3.63, 3.8) is 0 Å². The highest BCUT2D eigenvalue weighted by atomic mass is 16.5. The van der Waals surface area contributed by atoms with Crippen molar-refractivity contribution in [2.45, 2.75) is 25.9 Å². The lowest BCUT2D eigenvalue weighted by atomic mass is 10.1. The fraction of sp³-hybridized carbons (Fsp3) is 0.321. The molecule has 1 aromatic carbocycles. The Morgan fingerprint density at radius 1 is 1.33 bits per heavy atom. The molecule has 2 aliphatic heterocycles. The van der Waals surface area contributed by atoms with E-state index in [1.54, 1.807) is 23.0 Å². The van der Waals surface area contributed by atoms with Crippen LogP contribution < -0.4 is 20.3 Å². The Balaban J connectivity index is 1.49. The van der Waals surface area contributed by atoms with Crippen molar-refractivity contribution >= 4 is 29.1 Å². The Morgan fingerprint density at radius 2 is 2.18 bits per heavy atom. The SMILES string of the molecule is C=CC(=O)NCCOC1CCCOc2c(cnn2C)-c2cc(cc(C)n2)C(=O)/N=C2\Nc3ccccc3N2C1. The second-order valence-corrected chi connectivity index (χ2v) is 9.34. The van der Waals surface area contributed by atoms with Crippen LogP contribution in [-0.4, -0.2) is 64.9 Å². The van der Waals surface area contributed by atoms with E-state index in [0.29, 0.717) is 73.5 Å². The number of hydrogen-bond acceptors (Lipinski definition) is 8. The minimum absolute atomic E-state index is 0.233. The van der Waals surface area contributed by atoms with Crippen LogP contribution in [0, 0.1) is 6.92 Å². The second kappa shape index (κ2) is 11.5. The summed E-state index contributed by atoms with van der Waals surface area (Å²) in [6.45, 7) is 6.87. The third-order valence-corrected chi connectivity index (χ3v) is 6.50. The zero-order valence-electron chi connectivity index (χ0n) is 22.0. The number of para-hydroxylation sites is 2. The topological polar surface area (TPSA) is 123 Å². The van der Waals surface area contributed by atoms with Gasteiger partial charge in [-0.3, -0.25) is 14.6 Å². The number of carbonyl (C=O) groups excluding carboxylic acids is 2. The highest BCUT2D eigenvalue weighted by Gasteiger charge is 2.29. The number of anilines is 2. The zero-order chi connectivity index (χ0) is 27.4. The quantitative estimate of drug-likeness (QED) is 0.382. The predicted molar refractivity (Wildman–Crippen MR) is 148 cm³/mol. The average Bonchev–Trinajstić information content (AvgIpc) is 3.47. The summed E-state index contributed by atoms with van der Waals surface area (Å²) in [6.07, 6.45) is 4.06. The lowest BCUT2D eigenvalue weighted by Gasteiger charge is -2.26.